The monoisotopic (exact) mass is 271 g/mol. The van der Waals surface area contributed by atoms with Gasteiger partial charge in [-0.1, -0.05) is 11.8 Å². The molecule has 1 unspecified atom stereocenters. The maximum absolute atomic E-state index is 6.09. The molecule has 1 spiro atoms. The van der Waals surface area contributed by atoms with Gasteiger partial charge in [-0.15, -0.1) is 0 Å². The molecule has 1 aliphatic heterocycles. The molecule has 2 fully saturated rings. The number of hydrogen-bond acceptors (Lipinski definition) is 3. The minimum Gasteiger partial charge on any atom is -0.490 e. The SMILES string of the molecule is NCC#Cc1ccc(OC2CCOC3(CCC3)C2)cc1. The Kier molecular flexibility index (Phi) is 3.95. The molecule has 1 saturated carbocycles. The van der Waals surface area contributed by atoms with Crippen LogP contribution in [0.1, 0.15) is 37.7 Å². The topological polar surface area (TPSA) is 44.5 Å². The molecule has 20 heavy (non-hydrogen) atoms. The first-order chi connectivity index (χ1) is 9.80. The van der Waals surface area contributed by atoms with Gasteiger partial charge in [-0.05, 0) is 43.5 Å². The van der Waals surface area contributed by atoms with Crippen LogP contribution in [0.3, 0.4) is 0 Å². The van der Waals surface area contributed by atoms with E-state index in [0.717, 1.165) is 30.8 Å². The molecule has 106 valence electrons. The van der Waals surface area contributed by atoms with E-state index in [1.165, 1.54) is 19.3 Å². The van der Waals surface area contributed by atoms with Crippen molar-refractivity contribution in [2.24, 2.45) is 5.73 Å². The van der Waals surface area contributed by atoms with Crippen molar-refractivity contribution in [1.82, 2.24) is 0 Å². The molecular formula is C17H21NO2. The second kappa shape index (κ2) is 5.87. The molecule has 0 bridgehead atoms. The molecule has 1 aromatic carbocycles. The first-order valence-electron chi connectivity index (χ1n) is 7.39. The molecule has 1 atom stereocenters. The summed E-state index contributed by atoms with van der Waals surface area (Å²) in [6, 6.07) is 7.94. The van der Waals surface area contributed by atoms with Crippen LogP contribution in [-0.2, 0) is 4.74 Å². The van der Waals surface area contributed by atoms with Gasteiger partial charge >= 0.3 is 0 Å². The standard InChI is InChI=1S/C17H21NO2/c18-11-1-3-14-4-6-15(7-5-14)20-16-8-12-19-17(13-16)9-2-10-17/h4-7,16H,2,8-13,18H2. The number of rotatable bonds is 2. The second-order valence-corrected chi connectivity index (χ2v) is 5.65. The van der Waals surface area contributed by atoms with Crippen molar-refractivity contribution in [1.29, 1.82) is 0 Å². The van der Waals surface area contributed by atoms with Crippen LogP contribution in [0, 0.1) is 11.8 Å². The Balaban J connectivity index is 1.59. The van der Waals surface area contributed by atoms with Gasteiger partial charge in [-0.25, -0.2) is 0 Å². The van der Waals surface area contributed by atoms with E-state index in [4.69, 9.17) is 15.2 Å². The zero-order valence-corrected chi connectivity index (χ0v) is 11.7. The third-order valence-electron chi connectivity index (χ3n) is 4.20. The van der Waals surface area contributed by atoms with Crippen LogP contribution >= 0.6 is 0 Å². The van der Waals surface area contributed by atoms with Gasteiger partial charge in [0.05, 0.1) is 18.8 Å². The molecular weight excluding hydrogens is 250 g/mol. The van der Waals surface area contributed by atoms with Gasteiger partial charge in [0.25, 0.3) is 0 Å². The minimum atomic E-state index is 0.134. The van der Waals surface area contributed by atoms with E-state index in [1.54, 1.807) is 0 Å². The molecule has 2 aliphatic rings. The highest BCUT2D eigenvalue weighted by atomic mass is 16.5. The number of hydrogen-bond donors (Lipinski definition) is 1. The summed E-state index contributed by atoms with van der Waals surface area (Å²) in [6.45, 7) is 1.22. The maximum atomic E-state index is 6.09. The smallest absolute Gasteiger partial charge is 0.119 e. The number of benzene rings is 1. The summed E-state index contributed by atoms with van der Waals surface area (Å²) in [5.41, 5.74) is 6.48. The van der Waals surface area contributed by atoms with Crippen molar-refractivity contribution >= 4 is 0 Å². The molecule has 1 aliphatic carbocycles. The third-order valence-corrected chi connectivity index (χ3v) is 4.20. The lowest BCUT2D eigenvalue weighted by atomic mass is 9.74. The summed E-state index contributed by atoms with van der Waals surface area (Å²) in [5.74, 6) is 6.79. The van der Waals surface area contributed by atoms with E-state index in [1.807, 2.05) is 24.3 Å². The van der Waals surface area contributed by atoms with E-state index in [-0.39, 0.29) is 11.7 Å². The quantitative estimate of drug-likeness (QED) is 0.840. The summed E-state index contributed by atoms with van der Waals surface area (Å²) in [6.07, 6.45) is 5.98. The molecule has 2 N–H and O–H groups in total. The van der Waals surface area contributed by atoms with E-state index in [2.05, 4.69) is 11.8 Å². The lowest BCUT2D eigenvalue weighted by Crippen LogP contribution is -2.48. The fourth-order valence-electron chi connectivity index (χ4n) is 2.97. The van der Waals surface area contributed by atoms with Crippen molar-refractivity contribution in [2.45, 2.75) is 43.8 Å². The van der Waals surface area contributed by atoms with E-state index >= 15 is 0 Å². The van der Waals surface area contributed by atoms with Gasteiger partial charge in [0.15, 0.2) is 0 Å². The summed E-state index contributed by atoms with van der Waals surface area (Å²) < 4.78 is 12.0. The number of ether oxygens (including phenoxy) is 2. The predicted octanol–water partition coefficient (Wildman–Crippen LogP) is 2.48. The van der Waals surface area contributed by atoms with Crippen LogP contribution in [0.5, 0.6) is 5.75 Å². The zero-order chi connectivity index (χ0) is 13.8. The Bertz CT molecular complexity index is 508. The second-order valence-electron chi connectivity index (χ2n) is 5.65. The molecule has 0 amide bonds. The molecule has 3 heteroatoms. The van der Waals surface area contributed by atoms with Crippen LogP contribution in [0.15, 0.2) is 24.3 Å². The van der Waals surface area contributed by atoms with Crippen molar-refractivity contribution in [2.75, 3.05) is 13.2 Å². The fourth-order valence-corrected chi connectivity index (χ4v) is 2.97. The highest BCUT2D eigenvalue weighted by Crippen LogP contribution is 2.43. The van der Waals surface area contributed by atoms with Crippen molar-refractivity contribution < 1.29 is 9.47 Å². The largest absolute Gasteiger partial charge is 0.490 e. The summed E-state index contributed by atoms with van der Waals surface area (Å²) in [7, 11) is 0. The first-order valence-corrected chi connectivity index (χ1v) is 7.39. The molecule has 1 aromatic rings. The van der Waals surface area contributed by atoms with Crippen LogP contribution in [0.2, 0.25) is 0 Å². The van der Waals surface area contributed by atoms with Crippen LogP contribution < -0.4 is 10.5 Å². The highest BCUT2D eigenvalue weighted by Gasteiger charge is 2.43. The minimum absolute atomic E-state index is 0.134. The van der Waals surface area contributed by atoms with Gasteiger partial charge in [0.2, 0.25) is 0 Å². The Hall–Kier alpha value is -1.50. The Morgan fingerprint density at radius 2 is 2.10 bits per heavy atom. The normalized spacial score (nSPS) is 23.6. The van der Waals surface area contributed by atoms with Gasteiger partial charge in [0, 0.05) is 18.4 Å². The van der Waals surface area contributed by atoms with Crippen molar-refractivity contribution in [3.05, 3.63) is 29.8 Å². The van der Waals surface area contributed by atoms with Crippen molar-refractivity contribution in [3.63, 3.8) is 0 Å². The molecule has 1 saturated heterocycles. The van der Waals surface area contributed by atoms with Crippen LogP contribution in [0.25, 0.3) is 0 Å². The molecule has 1 heterocycles. The van der Waals surface area contributed by atoms with Crippen molar-refractivity contribution in [3.8, 4) is 17.6 Å². The third kappa shape index (κ3) is 2.98. The molecule has 3 nitrogen and oxygen atoms in total. The van der Waals surface area contributed by atoms with Crippen LogP contribution in [-0.4, -0.2) is 24.9 Å². The zero-order valence-electron chi connectivity index (χ0n) is 11.7. The van der Waals surface area contributed by atoms with E-state index < -0.39 is 0 Å². The van der Waals surface area contributed by atoms with E-state index in [9.17, 15) is 0 Å². The van der Waals surface area contributed by atoms with Crippen LogP contribution in [0.4, 0.5) is 0 Å². The molecule has 0 aromatic heterocycles. The summed E-state index contributed by atoms with van der Waals surface area (Å²) in [4.78, 5) is 0. The number of nitrogens with two attached hydrogens (primary N) is 1. The summed E-state index contributed by atoms with van der Waals surface area (Å²) >= 11 is 0. The lowest BCUT2D eigenvalue weighted by Gasteiger charge is -2.46. The first kappa shape index (κ1) is 13.5. The van der Waals surface area contributed by atoms with Gasteiger partial charge in [0.1, 0.15) is 11.9 Å². The summed E-state index contributed by atoms with van der Waals surface area (Å²) in [5, 5.41) is 0. The van der Waals surface area contributed by atoms with Gasteiger partial charge < -0.3 is 15.2 Å². The average Bonchev–Trinajstić information content (AvgIpc) is 2.45. The Labute approximate surface area is 120 Å². The molecule has 3 rings (SSSR count). The van der Waals surface area contributed by atoms with Gasteiger partial charge in [-0.2, -0.15) is 0 Å². The maximum Gasteiger partial charge on any atom is 0.119 e. The lowest BCUT2D eigenvalue weighted by molar-refractivity contribution is -0.153. The predicted molar refractivity (Wildman–Crippen MR) is 78.6 cm³/mol. The molecule has 0 radical (unpaired) electrons. The van der Waals surface area contributed by atoms with Gasteiger partial charge in [-0.3, -0.25) is 0 Å². The highest BCUT2D eigenvalue weighted by molar-refractivity contribution is 5.38. The average molecular weight is 271 g/mol. The Morgan fingerprint density at radius 1 is 1.30 bits per heavy atom. The Morgan fingerprint density at radius 3 is 2.75 bits per heavy atom. The van der Waals surface area contributed by atoms with E-state index in [0.29, 0.717) is 6.54 Å². The fraction of sp³-hybridized carbons (Fsp3) is 0.529.